The molecule has 0 amide bonds. The lowest BCUT2D eigenvalue weighted by atomic mass is 10.1. The third-order valence-corrected chi connectivity index (χ3v) is 2.56. The number of ether oxygens (including phenoxy) is 1. The van der Waals surface area contributed by atoms with Crippen LogP contribution >= 0.6 is 0 Å². The topological polar surface area (TPSA) is 37.9 Å². The highest BCUT2D eigenvalue weighted by atomic mass is 16.5. The van der Waals surface area contributed by atoms with Gasteiger partial charge in [0.2, 0.25) is 0 Å². The summed E-state index contributed by atoms with van der Waals surface area (Å²) < 4.78 is 4.99. The third-order valence-electron chi connectivity index (χ3n) is 2.56. The van der Waals surface area contributed by atoms with Crippen LogP contribution in [-0.2, 0) is 0 Å². The summed E-state index contributed by atoms with van der Waals surface area (Å²) in [6, 6.07) is 0.636. The SMILES string of the molecule is COc1ncc(C2CCCC2)[nH]1. The second-order valence-corrected chi connectivity index (χ2v) is 3.33. The van der Waals surface area contributed by atoms with Gasteiger partial charge >= 0.3 is 0 Å². The summed E-state index contributed by atoms with van der Waals surface area (Å²) in [7, 11) is 1.64. The lowest BCUT2D eigenvalue weighted by molar-refractivity contribution is 0.383. The van der Waals surface area contributed by atoms with E-state index in [9.17, 15) is 0 Å². The number of rotatable bonds is 2. The van der Waals surface area contributed by atoms with Crippen LogP contribution in [0.15, 0.2) is 6.20 Å². The number of hydrogen-bond donors (Lipinski definition) is 1. The Morgan fingerprint density at radius 2 is 2.25 bits per heavy atom. The molecule has 12 heavy (non-hydrogen) atoms. The molecule has 0 bridgehead atoms. The Morgan fingerprint density at radius 3 is 2.83 bits per heavy atom. The van der Waals surface area contributed by atoms with Gasteiger partial charge in [-0.3, -0.25) is 0 Å². The zero-order valence-electron chi connectivity index (χ0n) is 7.34. The molecule has 0 atom stereocenters. The smallest absolute Gasteiger partial charge is 0.293 e. The molecule has 0 aliphatic heterocycles. The van der Waals surface area contributed by atoms with Crippen LogP contribution < -0.4 is 4.74 Å². The Labute approximate surface area is 72.2 Å². The minimum Gasteiger partial charge on any atom is -0.468 e. The molecule has 66 valence electrons. The van der Waals surface area contributed by atoms with Crippen LogP contribution in [0.3, 0.4) is 0 Å². The fraction of sp³-hybridized carbons (Fsp3) is 0.667. The van der Waals surface area contributed by atoms with Crippen LogP contribution in [0.1, 0.15) is 37.3 Å². The summed E-state index contributed by atoms with van der Waals surface area (Å²) in [5.74, 6) is 0.696. The number of nitrogens with zero attached hydrogens (tertiary/aromatic N) is 1. The van der Waals surface area contributed by atoms with Crippen LogP contribution in [0.4, 0.5) is 0 Å². The number of hydrogen-bond acceptors (Lipinski definition) is 2. The van der Waals surface area contributed by atoms with Crippen molar-refractivity contribution in [2.24, 2.45) is 0 Å². The molecule has 2 rings (SSSR count). The highest BCUT2D eigenvalue weighted by Gasteiger charge is 2.18. The monoisotopic (exact) mass is 166 g/mol. The molecule has 0 unspecified atom stereocenters. The number of imidazole rings is 1. The molecule has 1 heterocycles. The molecule has 1 aliphatic carbocycles. The Balaban J connectivity index is 2.11. The van der Waals surface area contributed by atoms with E-state index < -0.39 is 0 Å². The molecule has 0 aromatic carbocycles. The quantitative estimate of drug-likeness (QED) is 0.730. The summed E-state index contributed by atoms with van der Waals surface area (Å²) in [4.78, 5) is 7.27. The van der Waals surface area contributed by atoms with Gasteiger partial charge in [-0.05, 0) is 12.8 Å². The highest BCUT2D eigenvalue weighted by Crippen LogP contribution is 2.33. The van der Waals surface area contributed by atoms with Gasteiger partial charge < -0.3 is 9.72 Å². The Kier molecular flexibility index (Phi) is 2.02. The van der Waals surface area contributed by atoms with Gasteiger partial charge in [0.05, 0.1) is 13.3 Å². The predicted octanol–water partition coefficient (Wildman–Crippen LogP) is 2.08. The Morgan fingerprint density at radius 1 is 1.50 bits per heavy atom. The van der Waals surface area contributed by atoms with Crippen molar-refractivity contribution in [1.82, 2.24) is 9.97 Å². The van der Waals surface area contributed by atoms with E-state index in [0.29, 0.717) is 11.9 Å². The molecule has 1 saturated carbocycles. The number of aromatic nitrogens is 2. The second-order valence-electron chi connectivity index (χ2n) is 3.33. The van der Waals surface area contributed by atoms with Crippen molar-refractivity contribution in [3.8, 4) is 6.01 Å². The van der Waals surface area contributed by atoms with Crippen molar-refractivity contribution in [2.75, 3.05) is 7.11 Å². The standard InChI is InChI=1S/C9H14N2O/c1-12-9-10-6-8(11-9)7-4-2-3-5-7/h6-7H,2-5H2,1H3,(H,10,11). The van der Waals surface area contributed by atoms with Crippen molar-refractivity contribution >= 4 is 0 Å². The van der Waals surface area contributed by atoms with Crippen molar-refractivity contribution in [3.05, 3.63) is 11.9 Å². The van der Waals surface area contributed by atoms with Gasteiger partial charge in [-0.15, -0.1) is 0 Å². The summed E-state index contributed by atoms with van der Waals surface area (Å²) in [6.45, 7) is 0. The number of nitrogens with one attached hydrogen (secondary N) is 1. The van der Waals surface area contributed by atoms with E-state index in [1.54, 1.807) is 7.11 Å². The molecule has 3 heteroatoms. The number of aromatic amines is 1. The first kappa shape index (κ1) is 7.65. The van der Waals surface area contributed by atoms with E-state index in [-0.39, 0.29) is 0 Å². The van der Waals surface area contributed by atoms with E-state index in [1.165, 1.54) is 31.4 Å². The molecule has 1 aliphatic rings. The van der Waals surface area contributed by atoms with Gasteiger partial charge in [0.25, 0.3) is 6.01 Å². The van der Waals surface area contributed by atoms with E-state index in [2.05, 4.69) is 9.97 Å². The van der Waals surface area contributed by atoms with Crippen LogP contribution in [0, 0.1) is 0 Å². The molecular weight excluding hydrogens is 152 g/mol. The molecule has 1 fully saturated rings. The molecule has 1 aromatic rings. The van der Waals surface area contributed by atoms with Gasteiger partial charge in [-0.25, -0.2) is 4.98 Å². The largest absolute Gasteiger partial charge is 0.468 e. The maximum atomic E-state index is 4.99. The Hall–Kier alpha value is -0.990. The minimum absolute atomic E-state index is 0.636. The van der Waals surface area contributed by atoms with Crippen LogP contribution in [0.25, 0.3) is 0 Å². The first-order valence-electron chi connectivity index (χ1n) is 4.49. The van der Waals surface area contributed by atoms with Gasteiger partial charge in [-0.2, -0.15) is 0 Å². The molecule has 0 radical (unpaired) electrons. The third kappa shape index (κ3) is 1.31. The summed E-state index contributed by atoms with van der Waals surface area (Å²) in [5.41, 5.74) is 1.24. The van der Waals surface area contributed by atoms with Crippen molar-refractivity contribution in [1.29, 1.82) is 0 Å². The van der Waals surface area contributed by atoms with E-state index in [1.807, 2.05) is 6.20 Å². The summed E-state index contributed by atoms with van der Waals surface area (Å²) in [5, 5.41) is 0. The van der Waals surface area contributed by atoms with Crippen molar-refractivity contribution in [2.45, 2.75) is 31.6 Å². The van der Waals surface area contributed by atoms with Gasteiger partial charge in [0.1, 0.15) is 0 Å². The van der Waals surface area contributed by atoms with Crippen LogP contribution in [0.2, 0.25) is 0 Å². The zero-order valence-corrected chi connectivity index (χ0v) is 7.34. The molecule has 1 N–H and O–H groups in total. The van der Waals surface area contributed by atoms with Crippen molar-refractivity contribution < 1.29 is 4.74 Å². The number of methoxy groups -OCH3 is 1. The second kappa shape index (κ2) is 3.17. The number of H-pyrrole nitrogens is 1. The average molecular weight is 166 g/mol. The fourth-order valence-electron chi connectivity index (χ4n) is 1.86. The maximum Gasteiger partial charge on any atom is 0.293 e. The molecule has 0 spiro atoms. The van der Waals surface area contributed by atoms with Gasteiger partial charge in [0, 0.05) is 11.6 Å². The molecule has 1 aromatic heterocycles. The normalized spacial score (nSPS) is 18.4. The fourth-order valence-corrected chi connectivity index (χ4v) is 1.86. The first-order valence-corrected chi connectivity index (χ1v) is 4.49. The summed E-state index contributed by atoms with van der Waals surface area (Å²) >= 11 is 0. The van der Waals surface area contributed by atoms with E-state index in [0.717, 1.165) is 0 Å². The maximum absolute atomic E-state index is 4.99. The Bertz CT molecular complexity index is 251. The lowest BCUT2D eigenvalue weighted by Gasteiger charge is -2.03. The first-order chi connectivity index (χ1) is 5.90. The average Bonchev–Trinajstić information content (AvgIpc) is 2.75. The van der Waals surface area contributed by atoms with Gasteiger partial charge in [-0.1, -0.05) is 12.8 Å². The molecule has 0 saturated heterocycles. The lowest BCUT2D eigenvalue weighted by Crippen LogP contribution is -1.92. The van der Waals surface area contributed by atoms with Crippen LogP contribution in [-0.4, -0.2) is 17.1 Å². The molecule has 3 nitrogen and oxygen atoms in total. The van der Waals surface area contributed by atoms with Crippen LogP contribution in [0.5, 0.6) is 6.01 Å². The zero-order chi connectivity index (χ0) is 8.39. The van der Waals surface area contributed by atoms with Gasteiger partial charge in [0.15, 0.2) is 0 Å². The van der Waals surface area contributed by atoms with E-state index >= 15 is 0 Å². The van der Waals surface area contributed by atoms with Crippen molar-refractivity contribution in [3.63, 3.8) is 0 Å². The minimum atomic E-state index is 0.636. The molecular formula is C9H14N2O. The highest BCUT2D eigenvalue weighted by molar-refractivity contribution is 5.11. The predicted molar refractivity (Wildman–Crippen MR) is 46.3 cm³/mol. The van der Waals surface area contributed by atoms with E-state index in [4.69, 9.17) is 4.74 Å². The summed E-state index contributed by atoms with van der Waals surface area (Å²) in [6.07, 6.45) is 7.20.